The van der Waals surface area contributed by atoms with Crippen molar-refractivity contribution in [3.05, 3.63) is 69.3 Å². The average molecular weight is 513 g/mol. The van der Waals surface area contributed by atoms with Crippen LogP contribution in [0.2, 0.25) is 5.02 Å². The van der Waals surface area contributed by atoms with Crippen molar-refractivity contribution >= 4 is 29.0 Å². The molecule has 0 bridgehead atoms. The summed E-state index contributed by atoms with van der Waals surface area (Å²) in [6.45, 7) is 1.48. The molecule has 11 heteroatoms. The Morgan fingerprint density at radius 3 is 2.44 bits per heavy atom. The number of nitrogens with zero attached hydrogens (tertiary/aromatic N) is 3. The molecule has 0 saturated carbocycles. The monoisotopic (exact) mass is 512 g/mol. The predicted octanol–water partition coefficient (Wildman–Crippen LogP) is 5.53. The van der Waals surface area contributed by atoms with E-state index in [1.54, 1.807) is 38.4 Å². The molecule has 0 spiro atoms. The standard InChI is InChI=1S/C23H24ClF3N4O2S/c1-30(2)21(32)28-12-3-13-31-20(17-6-10-19(11-7-17)33-23(25,26)27)15-34-22(31)29-14-16-4-8-18(24)9-5-16/h4-11,15H,3,12-14H2,1-2H3,(H,28,32). The first-order valence-corrected chi connectivity index (χ1v) is 11.6. The van der Waals surface area contributed by atoms with Crippen molar-refractivity contribution in [2.75, 3.05) is 20.6 Å². The lowest BCUT2D eigenvalue weighted by Crippen LogP contribution is -2.35. The molecule has 2 aromatic carbocycles. The third-order valence-corrected chi connectivity index (χ3v) is 5.89. The summed E-state index contributed by atoms with van der Waals surface area (Å²) in [5.41, 5.74) is 2.55. The number of aromatic nitrogens is 1. The number of nitrogens with one attached hydrogen (secondary N) is 1. The normalized spacial score (nSPS) is 12.0. The number of hydrogen-bond donors (Lipinski definition) is 1. The fourth-order valence-corrected chi connectivity index (χ4v) is 4.13. The number of urea groups is 1. The topological polar surface area (TPSA) is 58.9 Å². The maximum Gasteiger partial charge on any atom is 0.573 e. The molecule has 0 aliphatic carbocycles. The minimum Gasteiger partial charge on any atom is -0.406 e. The zero-order valence-corrected chi connectivity index (χ0v) is 20.2. The Morgan fingerprint density at radius 1 is 1.15 bits per heavy atom. The van der Waals surface area contributed by atoms with Crippen molar-refractivity contribution in [2.24, 2.45) is 4.99 Å². The van der Waals surface area contributed by atoms with Crippen LogP contribution in [0.1, 0.15) is 12.0 Å². The van der Waals surface area contributed by atoms with Gasteiger partial charge in [-0.15, -0.1) is 24.5 Å². The van der Waals surface area contributed by atoms with Crippen LogP contribution >= 0.6 is 22.9 Å². The quantitative estimate of drug-likeness (QED) is 0.403. The van der Waals surface area contributed by atoms with Crippen molar-refractivity contribution in [3.8, 4) is 17.0 Å². The van der Waals surface area contributed by atoms with Crippen molar-refractivity contribution in [1.29, 1.82) is 0 Å². The fourth-order valence-electron chi connectivity index (χ4n) is 3.07. The lowest BCUT2D eigenvalue weighted by Gasteiger charge is -2.13. The van der Waals surface area contributed by atoms with E-state index >= 15 is 0 Å². The molecule has 0 atom stereocenters. The van der Waals surface area contributed by atoms with Crippen LogP contribution in [0, 0.1) is 0 Å². The SMILES string of the molecule is CN(C)C(=O)NCCCn1c(-c2ccc(OC(F)(F)F)cc2)csc1=NCc1ccc(Cl)cc1. The number of thiazole rings is 1. The second kappa shape index (κ2) is 11.4. The molecule has 34 heavy (non-hydrogen) atoms. The molecule has 6 nitrogen and oxygen atoms in total. The summed E-state index contributed by atoms with van der Waals surface area (Å²) in [5, 5.41) is 5.39. The van der Waals surface area contributed by atoms with Gasteiger partial charge in [-0.2, -0.15) is 0 Å². The Morgan fingerprint density at radius 2 is 1.82 bits per heavy atom. The van der Waals surface area contributed by atoms with Crippen LogP contribution in [0.4, 0.5) is 18.0 Å². The third-order valence-electron chi connectivity index (χ3n) is 4.73. The minimum atomic E-state index is -4.74. The number of amides is 2. The molecular weight excluding hydrogens is 489 g/mol. The first-order valence-electron chi connectivity index (χ1n) is 10.4. The molecule has 1 aromatic heterocycles. The number of hydrogen-bond acceptors (Lipinski definition) is 4. The van der Waals surface area contributed by atoms with Gasteiger partial charge in [-0.1, -0.05) is 23.7 Å². The maximum absolute atomic E-state index is 12.5. The van der Waals surface area contributed by atoms with Gasteiger partial charge in [0.05, 0.1) is 12.2 Å². The summed E-state index contributed by atoms with van der Waals surface area (Å²) in [5.74, 6) is -0.280. The molecule has 3 rings (SSSR count). The Labute approximate surface area is 204 Å². The Kier molecular flexibility index (Phi) is 8.62. The zero-order valence-electron chi connectivity index (χ0n) is 18.6. The summed E-state index contributed by atoms with van der Waals surface area (Å²) in [4.78, 5) is 18.7. The van der Waals surface area contributed by atoms with Crippen LogP contribution in [-0.2, 0) is 13.1 Å². The maximum atomic E-state index is 12.5. The highest BCUT2D eigenvalue weighted by atomic mass is 35.5. The van der Waals surface area contributed by atoms with Crippen LogP contribution in [0.3, 0.4) is 0 Å². The van der Waals surface area contributed by atoms with Gasteiger partial charge in [0.2, 0.25) is 0 Å². The number of rotatable bonds is 8. The van der Waals surface area contributed by atoms with Crippen LogP contribution in [-0.4, -0.2) is 42.5 Å². The molecule has 3 aromatic rings. The van der Waals surface area contributed by atoms with E-state index < -0.39 is 6.36 Å². The molecule has 1 N–H and O–H groups in total. The molecule has 0 aliphatic heterocycles. The molecule has 0 aliphatic rings. The number of alkyl halides is 3. The van der Waals surface area contributed by atoms with Crippen LogP contribution in [0.15, 0.2) is 58.9 Å². The molecule has 0 unspecified atom stereocenters. The van der Waals surface area contributed by atoms with E-state index in [1.807, 2.05) is 22.1 Å². The second-order valence-electron chi connectivity index (χ2n) is 7.55. The Balaban J connectivity index is 1.83. The first-order chi connectivity index (χ1) is 16.1. The third kappa shape index (κ3) is 7.53. The van der Waals surface area contributed by atoms with Crippen LogP contribution in [0.5, 0.6) is 5.75 Å². The number of ether oxygens (including phenoxy) is 1. The highest BCUT2D eigenvalue weighted by Crippen LogP contribution is 2.27. The zero-order chi connectivity index (χ0) is 24.7. The number of halogens is 4. The first kappa shape index (κ1) is 25.6. The molecule has 0 saturated heterocycles. The van der Waals surface area contributed by atoms with Gasteiger partial charge in [0, 0.05) is 37.6 Å². The van der Waals surface area contributed by atoms with Gasteiger partial charge < -0.3 is 19.5 Å². The van der Waals surface area contributed by atoms with E-state index in [2.05, 4.69) is 10.1 Å². The summed E-state index contributed by atoms with van der Waals surface area (Å²) >= 11 is 7.39. The summed E-state index contributed by atoms with van der Waals surface area (Å²) in [7, 11) is 3.34. The van der Waals surface area contributed by atoms with Crippen molar-refractivity contribution in [3.63, 3.8) is 0 Å². The smallest absolute Gasteiger partial charge is 0.406 e. The van der Waals surface area contributed by atoms with Crippen LogP contribution < -0.4 is 14.9 Å². The molecule has 2 amide bonds. The van der Waals surface area contributed by atoms with Gasteiger partial charge in [-0.05, 0) is 53.9 Å². The van der Waals surface area contributed by atoms with E-state index in [0.29, 0.717) is 31.1 Å². The lowest BCUT2D eigenvalue weighted by molar-refractivity contribution is -0.274. The highest BCUT2D eigenvalue weighted by molar-refractivity contribution is 7.07. The van der Waals surface area contributed by atoms with Gasteiger partial charge in [-0.25, -0.2) is 4.79 Å². The Hall–Kier alpha value is -2.98. The minimum absolute atomic E-state index is 0.177. The molecule has 1 heterocycles. The largest absolute Gasteiger partial charge is 0.573 e. The van der Waals surface area contributed by atoms with Gasteiger partial charge >= 0.3 is 12.4 Å². The summed E-state index contributed by atoms with van der Waals surface area (Å²) in [6.07, 6.45) is -4.10. The molecule has 182 valence electrons. The van der Waals surface area contributed by atoms with E-state index in [0.717, 1.165) is 21.6 Å². The van der Waals surface area contributed by atoms with Gasteiger partial charge in [-0.3, -0.25) is 4.99 Å². The van der Waals surface area contributed by atoms with Crippen molar-refractivity contribution in [1.82, 2.24) is 14.8 Å². The van der Waals surface area contributed by atoms with Crippen molar-refractivity contribution in [2.45, 2.75) is 25.9 Å². The average Bonchev–Trinajstić information content (AvgIpc) is 3.18. The van der Waals surface area contributed by atoms with E-state index in [4.69, 9.17) is 16.6 Å². The number of carbonyl (C=O) groups is 1. The second-order valence-corrected chi connectivity index (χ2v) is 8.82. The van der Waals surface area contributed by atoms with Crippen LogP contribution in [0.25, 0.3) is 11.3 Å². The van der Waals surface area contributed by atoms with E-state index in [9.17, 15) is 18.0 Å². The van der Waals surface area contributed by atoms with E-state index in [1.165, 1.54) is 28.4 Å². The molecular formula is C23H24ClF3N4O2S. The number of carbonyl (C=O) groups excluding carboxylic acids is 1. The van der Waals surface area contributed by atoms with E-state index in [-0.39, 0.29) is 11.8 Å². The Bertz CT molecular complexity index is 1160. The van der Waals surface area contributed by atoms with Gasteiger partial charge in [0.25, 0.3) is 0 Å². The van der Waals surface area contributed by atoms with Crippen molar-refractivity contribution < 1.29 is 22.7 Å². The lowest BCUT2D eigenvalue weighted by atomic mass is 10.1. The summed E-state index contributed by atoms with van der Waals surface area (Å²) in [6, 6.07) is 13.0. The molecule has 0 radical (unpaired) electrons. The number of benzene rings is 2. The van der Waals surface area contributed by atoms with Gasteiger partial charge in [0.1, 0.15) is 5.75 Å². The fraction of sp³-hybridized carbons (Fsp3) is 0.304. The predicted molar refractivity (Wildman–Crippen MR) is 127 cm³/mol. The highest BCUT2D eigenvalue weighted by Gasteiger charge is 2.31. The summed E-state index contributed by atoms with van der Waals surface area (Å²) < 4.78 is 43.4. The molecule has 0 fully saturated rings. The van der Waals surface area contributed by atoms with Gasteiger partial charge in [0.15, 0.2) is 4.80 Å².